The van der Waals surface area contributed by atoms with Crippen LogP contribution < -0.4 is 10.1 Å². The van der Waals surface area contributed by atoms with Crippen molar-refractivity contribution in [1.29, 1.82) is 0 Å². The van der Waals surface area contributed by atoms with Gasteiger partial charge in [0.2, 0.25) is 0 Å². The van der Waals surface area contributed by atoms with Gasteiger partial charge in [-0.05, 0) is 36.6 Å². The van der Waals surface area contributed by atoms with Crippen molar-refractivity contribution in [1.82, 2.24) is 5.32 Å². The van der Waals surface area contributed by atoms with Crippen LogP contribution in [0.25, 0.3) is 0 Å². The fourth-order valence-corrected chi connectivity index (χ4v) is 2.29. The molecule has 0 saturated carbocycles. The molecule has 0 amide bonds. The van der Waals surface area contributed by atoms with Gasteiger partial charge < -0.3 is 15.2 Å². The minimum absolute atomic E-state index is 0.175. The average Bonchev–Trinajstić information content (AvgIpc) is 2.48. The molecular weight excluding hydrogens is 250 g/mol. The van der Waals surface area contributed by atoms with Crippen LogP contribution in [0.15, 0.2) is 24.3 Å². The van der Waals surface area contributed by atoms with Crippen LogP contribution in [0.2, 0.25) is 0 Å². The first-order valence-corrected chi connectivity index (χ1v) is 7.67. The molecule has 0 aromatic heterocycles. The van der Waals surface area contributed by atoms with E-state index in [0.29, 0.717) is 5.92 Å². The van der Waals surface area contributed by atoms with Gasteiger partial charge in [-0.1, -0.05) is 45.7 Å². The highest BCUT2D eigenvalue weighted by Crippen LogP contribution is 2.25. The van der Waals surface area contributed by atoms with Crippen LogP contribution in [0, 0.1) is 11.8 Å². The molecule has 0 aliphatic carbocycles. The highest BCUT2D eigenvalue weighted by molar-refractivity contribution is 5.30. The van der Waals surface area contributed by atoms with Crippen LogP contribution in [-0.2, 0) is 0 Å². The van der Waals surface area contributed by atoms with Gasteiger partial charge in [0.05, 0.1) is 12.7 Å². The fraction of sp³-hybridized carbons (Fsp3) is 0.647. The lowest BCUT2D eigenvalue weighted by atomic mass is 9.97. The Bertz CT molecular complexity index is 377. The highest BCUT2D eigenvalue weighted by Gasteiger charge is 2.16. The predicted octanol–water partition coefficient (Wildman–Crippen LogP) is 3.39. The second-order valence-corrected chi connectivity index (χ2v) is 5.55. The molecule has 0 bridgehead atoms. The number of benzene rings is 1. The second kappa shape index (κ2) is 8.98. The van der Waals surface area contributed by atoms with Crippen LogP contribution >= 0.6 is 0 Å². The Morgan fingerprint density at radius 1 is 1.25 bits per heavy atom. The Morgan fingerprint density at radius 3 is 2.55 bits per heavy atom. The summed E-state index contributed by atoms with van der Waals surface area (Å²) < 4.78 is 5.85. The number of hydrogen-bond donors (Lipinski definition) is 2. The molecule has 0 saturated heterocycles. The minimum atomic E-state index is -0.459. The Balaban J connectivity index is 2.65. The molecule has 0 aliphatic rings. The van der Waals surface area contributed by atoms with Crippen molar-refractivity contribution in [3.8, 4) is 5.75 Å². The van der Waals surface area contributed by atoms with Crippen LogP contribution in [0.4, 0.5) is 0 Å². The molecule has 1 aromatic rings. The van der Waals surface area contributed by atoms with E-state index in [-0.39, 0.29) is 5.92 Å². The van der Waals surface area contributed by atoms with E-state index in [4.69, 9.17) is 4.74 Å². The lowest BCUT2D eigenvalue weighted by Gasteiger charge is -2.20. The largest absolute Gasteiger partial charge is 0.493 e. The van der Waals surface area contributed by atoms with E-state index in [2.05, 4.69) is 19.2 Å². The normalized spacial score (nSPS) is 14.3. The number of aliphatic hydroxyl groups excluding tert-OH is 1. The molecule has 1 rings (SSSR count). The molecule has 2 N–H and O–H groups in total. The van der Waals surface area contributed by atoms with Crippen LogP contribution in [0.1, 0.15) is 45.3 Å². The number of ether oxygens (including phenoxy) is 1. The average molecular weight is 279 g/mol. The number of hydrogen-bond acceptors (Lipinski definition) is 3. The Kier molecular flexibility index (Phi) is 7.63. The van der Waals surface area contributed by atoms with E-state index in [0.717, 1.165) is 37.3 Å². The van der Waals surface area contributed by atoms with Crippen molar-refractivity contribution in [3.63, 3.8) is 0 Å². The van der Waals surface area contributed by atoms with E-state index < -0.39 is 6.10 Å². The Morgan fingerprint density at radius 2 is 1.95 bits per heavy atom. The van der Waals surface area contributed by atoms with Crippen LogP contribution in [0.5, 0.6) is 5.75 Å². The zero-order valence-electron chi connectivity index (χ0n) is 13.2. The topological polar surface area (TPSA) is 41.5 Å². The fourth-order valence-electron chi connectivity index (χ4n) is 2.29. The summed E-state index contributed by atoms with van der Waals surface area (Å²) in [7, 11) is 1.90. The van der Waals surface area contributed by atoms with Crippen LogP contribution in [-0.4, -0.2) is 25.3 Å². The molecule has 3 heteroatoms. The van der Waals surface area contributed by atoms with Gasteiger partial charge in [0.1, 0.15) is 5.75 Å². The molecule has 0 unspecified atom stereocenters. The van der Waals surface area contributed by atoms with Crippen molar-refractivity contribution in [3.05, 3.63) is 29.8 Å². The number of nitrogens with one attached hydrogen (secondary N) is 1. The first kappa shape index (κ1) is 17.0. The maximum atomic E-state index is 10.3. The van der Waals surface area contributed by atoms with Gasteiger partial charge in [0.25, 0.3) is 0 Å². The molecule has 20 heavy (non-hydrogen) atoms. The summed E-state index contributed by atoms with van der Waals surface area (Å²) >= 11 is 0. The van der Waals surface area contributed by atoms with Crippen LogP contribution in [0.3, 0.4) is 0 Å². The van der Waals surface area contributed by atoms with E-state index in [9.17, 15) is 5.11 Å². The first-order chi connectivity index (χ1) is 9.62. The smallest absolute Gasteiger partial charge is 0.119 e. The highest BCUT2D eigenvalue weighted by atomic mass is 16.5. The number of aliphatic hydroxyl groups is 1. The van der Waals surface area contributed by atoms with Gasteiger partial charge in [-0.25, -0.2) is 0 Å². The van der Waals surface area contributed by atoms with Crippen molar-refractivity contribution in [2.75, 3.05) is 20.2 Å². The first-order valence-electron chi connectivity index (χ1n) is 7.67. The minimum Gasteiger partial charge on any atom is -0.493 e. The lowest BCUT2D eigenvalue weighted by molar-refractivity contribution is 0.117. The van der Waals surface area contributed by atoms with Gasteiger partial charge in [-0.2, -0.15) is 0 Å². The lowest BCUT2D eigenvalue weighted by Crippen LogP contribution is -2.22. The molecule has 0 fully saturated rings. The van der Waals surface area contributed by atoms with Crippen molar-refractivity contribution in [2.45, 2.75) is 39.7 Å². The summed E-state index contributed by atoms with van der Waals surface area (Å²) in [6.45, 7) is 7.96. The maximum Gasteiger partial charge on any atom is 0.119 e. The van der Waals surface area contributed by atoms with E-state index in [1.807, 2.05) is 38.2 Å². The van der Waals surface area contributed by atoms with Gasteiger partial charge in [-0.3, -0.25) is 0 Å². The third kappa shape index (κ3) is 5.14. The molecular formula is C17H29NO2. The van der Waals surface area contributed by atoms with E-state index >= 15 is 0 Å². The van der Waals surface area contributed by atoms with Crippen molar-refractivity contribution < 1.29 is 9.84 Å². The quantitative estimate of drug-likeness (QED) is 0.728. The summed E-state index contributed by atoms with van der Waals surface area (Å²) in [5.41, 5.74) is 0.926. The molecule has 0 radical (unpaired) electrons. The SMILES string of the molecule is CCC(CC)COc1cccc([C@H](O)[C@H](C)CNC)c1. The van der Waals surface area contributed by atoms with Gasteiger partial charge in [0, 0.05) is 6.54 Å². The summed E-state index contributed by atoms with van der Waals surface area (Å²) in [6, 6.07) is 7.83. The monoisotopic (exact) mass is 279 g/mol. The summed E-state index contributed by atoms with van der Waals surface area (Å²) in [4.78, 5) is 0. The summed E-state index contributed by atoms with van der Waals surface area (Å²) in [6.07, 6.45) is 1.81. The van der Waals surface area contributed by atoms with Gasteiger partial charge in [0.15, 0.2) is 0 Å². The number of rotatable bonds is 9. The molecule has 0 aliphatic heterocycles. The Labute approximate surface area is 123 Å². The summed E-state index contributed by atoms with van der Waals surface area (Å²) in [5, 5.41) is 13.4. The second-order valence-electron chi connectivity index (χ2n) is 5.55. The third-order valence-corrected chi connectivity index (χ3v) is 3.91. The standard InChI is InChI=1S/C17H29NO2/c1-5-14(6-2)12-20-16-9-7-8-15(10-16)17(19)13(3)11-18-4/h7-10,13-14,17-19H,5-6,11-12H2,1-4H3/t13-,17-/m1/s1. The van der Waals surface area contributed by atoms with Gasteiger partial charge in [-0.15, -0.1) is 0 Å². The third-order valence-electron chi connectivity index (χ3n) is 3.91. The maximum absolute atomic E-state index is 10.3. The zero-order valence-corrected chi connectivity index (χ0v) is 13.2. The van der Waals surface area contributed by atoms with Crippen molar-refractivity contribution >= 4 is 0 Å². The van der Waals surface area contributed by atoms with Gasteiger partial charge >= 0.3 is 0 Å². The molecule has 3 nitrogen and oxygen atoms in total. The van der Waals surface area contributed by atoms with Crippen molar-refractivity contribution in [2.24, 2.45) is 11.8 Å². The molecule has 0 heterocycles. The zero-order chi connectivity index (χ0) is 15.0. The molecule has 1 aromatic carbocycles. The molecule has 114 valence electrons. The predicted molar refractivity (Wildman–Crippen MR) is 84.1 cm³/mol. The van der Waals surface area contributed by atoms with E-state index in [1.54, 1.807) is 0 Å². The molecule has 2 atom stereocenters. The summed E-state index contributed by atoms with van der Waals surface area (Å²) in [5.74, 6) is 1.63. The Hall–Kier alpha value is -1.06. The van der Waals surface area contributed by atoms with E-state index in [1.165, 1.54) is 0 Å². The molecule has 0 spiro atoms.